The molecule has 0 N–H and O–H groups in total. The van der Waals surface area contributed by atoms with Crippen LogP contribution in [0.2, 0.25) is 0 Å². The second kappa shape index (κ2) is 5.05. The molecule has 0 saturated carbocycles. The van der Waals surface area contributed by atoms with Crippen LogP contribution in [0.1, 0.15) is 13.3 Å². The third-order valence-electron chi connectivity index (χ3n) is 1.55. The van der Waals surface area contributed by atoms with Gasteiger partial charge in [-0.3, -0.25) is 4.39 Å². The summed E-state index contributed by atoms with van der Waals surface area (Å²) in [5.74, 6) is -2.61. The van der Waals surface area contributed by atoms with Gasteiger partial charge in [0.25, 0.3) is 0 Å². The van der Waals surface area contributed by atoms with Crippen LogP contribution in [0.15, 0.2) is 11.9 Å². The highest BCUT2D eigenvalue weighted by Gasteiger charge is 2.34. The first kappa shape index (κ1) is 13.0. The minimum atomic E-state index is -2.48. The normalized spacial score (nSPS) is 14.1. The molecule has 0 aromatic rings. The zero-order valence-electron chi connectivity index (χ0n) is 6.76. The summed E-state index contributed by atoms with van der Waals surface area (Å²) in [4.78, 5) is 0. The van der Waals surface area contributed by atoms with Crippen molar-refractivity contribution in [3.8, 4) is 0 Å². The van der Waals surface area contributed by atoms with Gasteiger partial charge >= 0.3 is 6.08 Å². The molecule has 0 aliphatic carbocycles. The van der Waals surface area contributed by atoms with Crippen LogP contribution in [0.3, 0.4) is 0 Å². The topological polar surface area (TPSA) is 0 Å². The van der Waals surface area contributed by atoms with E-state index in [1.165, 1.54) is 6.92 Å². The van der Waals surface area contributed by atoms with Crippen LogP contribution in [-0.2, 0) is 0 Å². The van der Waals surface area contributed by atoms with Crippen LogP contribution < -0.4 is 0 Å². The molecule has 0 heterocycles. The van der Waals surface area contributed by atoms with E-state index in [1.807, 2.05) is 0 Å². The molecule has 13 heavy (non-hydrogen) atoms. The van der Waals surface area contributed by atoms with Gasteiger partial charge < -0.3 is 0 Å². The van der Waals surface area contributed by atoms with Crippen LogP contribution in [-0.4, -0.2) is 11.0 Å². The molecular formula is C7H8Cl2F4. The molecule has 0 nitrogen and oxygen atoms in total. The number of allylic oxidation sites excluding steroid dienone is 1. The summed E-state index contributed by atoms with van der Waals surface area (Å²) in [6.45, 7) is 0.414. The van der Waals surface area contributed by atoms with Crippen LogP contribution in [0.4, 0.5) is 17.6 Å². The van der Waals surface area contributed by atoms with Crippen molar-refractivity contribution in [2.45, 2.75) is 17.7 Å². The standard InChI is InChI=1S/C7H8Cl2F4/c1-4(3-10)7(8,9)2-5(11)6(12)13/h4H,2-3H2,1H3. The zero-order chi connectivity index (χ0) is 10.6. The molecule has 0 rings (SSSR count). The van der Waals surface area contributed by atoms with Gasteiger partial charge in [-0.2, -0.15) is 8.78 Å². The van der Waals surface area contributed by atoms with Gasteiger partial charge in [0.1, 0.15) is 4.33 Å². The van der Waals surface area contributed by atoms with Crippen molar-refractivity contribution in [2.75, 3.05) is 6.67 Å². The summed E-state index contributed by atoms with van der Waals surface area (Å²) in [6, 6.07) is 0. The Balaban J connectivity index is 4.42. The second-order valence-electron chi connectivity index (χ2n) is 2.66. The molecule has 0 amide bonds. The van der Waals surface area contributed by atoms with Crippen molar-refractivity contribution in [3.05, 3.63) is 11.9 Å². The Kier molecular flexibility index (Phi) is 5.07. The van der Waals surface area contributed by atoms with E-state index in [9.17, 15) is 17.6 Å². The smallest absolute Gasteiger partial charge is 0.251 e. The lowest BCUT2D eigenvalue weighted by Crippen LogP contribution is -2.25. The van der Waals surface area contributed by atoms with E-state index in [4.69, 9.17) is 23.2 Å². The molecule has 0 aromatic heterocycles. The summed E-state index contributed by atoms with van der Waals surface area (Å²) >= 11 is 10.9. The van der Waals surface area contributed by atoms with Gasteiger partial charge in [-0.1, -0.05) is 6.92 Å². The SMILES string of the molecule is CC(CF)C(Cl)(Cl)CC(F)=C(F)F. The summed E-state index contributed by atoms with van der Waals surface area (Å²) in [7, 11) is 0. The Morgan fingerprint density at radius 1 is 1.31 bits per heavy atom. The maximum Gasteiger partial charge on any atom is 0.301 e. The fourth-order valence-electron chi connectivity index (χ4n) is 0.561. The van der Waals surface area contributed by atoms with E-state index >= 15 is 0 Å². The van der Waals surface area contributed by atoms with Crippen molar-refractivity contribution in [3.63, 3.8) is 0 Å². The lowest BCUT2D eigenvalue weighted by atomic mass is 10.1. The molecule has 1 atom stereocenters. The Labute approximate surface area is 83.5 Å². The molecule has 0 aliphatic heterocycles. The number of alkyl halides is 3. The largest absolute Gasteiger partial charge is 0.301 e. The van der Waals surface area contributed by atoms with E-state index in [0.29, 0.717) is 0 Å². The zero-order valence-corrected chi connectivity index (χ0v) is 8.27. The first-order valence-electron chi connectivity index (χ1n) is 3.44. The number of hydrogen-bond donors (Lipinski definition) is 0. The minimum absolute atomic E-state index is 0.885. The predicted octanol–water partition coefficient (Wildman–Crippen LogP) is 4.23. The monoisotopic (exact) mass is 238 g/mol. The third-order valence-corrected chi connectivity index (χ3v) is 2.56. The van der Waals surface area contributed by atoms with E-state index in [-0.39, 0.29) is 0 Å². The molecule has 78 valence electrons. The summed E-state index contributed by atoms with van der Waals surface area (Å²) in [6.07, 6.45) is -3.36. The molecule has 0 spiro atoms. The summed E-state index contributed by atoms with van der Waals surface area (Å²) < 4.78 is 45.8. The molecule has 1 unspecified atom stereocenters. The molecule has 0 bridgehead atoms. The average Bonchev–Trinajstić information content (AvgIpc) is 2.01. The highest BCUT2D eigenvalue weighted by molar-refractivity contribution is 6.48. The molecule has 0 saturated heterocycles. The lowest BCUT2D eigenvalue weighted by molar-refractivity contribution is 0.324. The number of rotatable bonds is 4. The third kappa shape index (κ3) is 4.18. The summed E-state index contributed by atoms with van der Waals surface area (Å²) in [5, 5.41) is 0. The first-order valence-corrected chi connectivity index (χ1v) is 4.20. The Morgan fingerprint density at radius 2 is 1.77 bits per heavy atom. The Bertz CT molecular complexity index is 199. The Morgan fingerprint density at radius 3 is 2.08 bits per heavy atom. The van der Waals surface area contributed by atoms with Crippen LogP contribution >= 0.6 is 23.2 Å². The molecule has 0 radical (unpaired) electrons. The van der Waals surface area contributed by atoms with Crippen molar-refractivity contribution in [1.82, 2.24) is 0 Å². The van der Waals surface area contributed by atoms with Crippen molar-refractivity contribution in [1.29, 1.82) is 0 Å². The van der Waals surface area contributed by atoms with Gasteiger partial charge in [0, 0.05) is 12.3 Å². The van der Waals surface area contributed by atoms with Crippen LogP contribution in [0, 0.1) is 5.92 Å². The van der Waals surface area contributed by atoms with Crippen LogP contribution in [0.25, 0.3) is 0 Å². The second-order valence-corrected chi connectivity index (χ2v) is 4.20. The Hall–Kier alpha value is 0.0400. The number of halogens is 6. The number of hydrogen-bond acceptors (Lipinski definition) is 0. The molecule has 0 fully saturated rings. The van der Waals surface area contributed by atoms with Gasteiger partial charge in [-0.05, 0) is 0 Å². The highest BCUT2D eigenvalue weighted by Crippen LogP contribution is 2.38. The van der Waals surface area contributed by atoms with Gasteiger partial charge in [0.05, 0.1) is 6.67 Å². The van der Waals surface area contributed by atoms with E-state index in [0.717, 1.165) is 0 Å². The van der Waals surface area contributed by atoms with E-state index in [1.54, 1.807) is 0 Å². The molecular weight excluding hydrogens is 231 g/mol. The van der Waals surface area contributed by atoms with Crippen molar-refractivity contribution in [2.24, 2.45) is 5.92 Å². The van der Waals surface area contributed by atoms with Gasteiger partial charge in [-0.25, -0.2) is 4.39 Å². The minimum Gasteiger partial charge on any atom is -0.251 e. The van der Waals surface area contributed by atoms with E-state index < -0.39 is 35.3 Å². The van der Waals surface area contributed by atoms with Gasteiger partial charge in [-0.15, -0.1) is 23.2 Å². The van der Waals surface area contributed by atoms with Crippen LogP contribution in [0.5, 0.6) is 0 Å². The quantitative estimate of drug-likeness (QED) is 0.508. The van der Waals surface area contributed by atoms with E-state index in [2.05, 4.69) is 0 Å². The van der Waals surface area contributed by atoms with Gasteiger partial charge in [0.2, 0.25) is 0 Å². The fraction of sp³-hybridized carbons (Fsp3) is 0.714. The predicted molar refractivity (Wildman–Crippen MR) is 44.5 cm³/mol. The first-order chi connectivity index (χ1) is 5.81. The maximum atomic E-state index is 12.4. The average molecular weight is 239 g/mol. The lowest BCUT2D eigenvalue weighted by Gasteiger charge is -2.23. The van der Waals surface area contributed by atoms with Crippen molar-refractivity contribution < 1.29 is 17.6 Å². The fourth-order valence-corrected chi connectivity index (χ4v) is 0.912. The molecule has 0 aromatic carbocycles. The summed E-state index contributed by atoms with van der Waals surface area (Å²) in [5.41, 5.74) is 0. The molecule has 6 heteroatoms. The maximum absolute atomic E-state index is 12.4. The van der Waals surface area contributed by atoms with Crippen molar-refractivity contribution >= 4 is 23.2 Å². The van der Waals surface area contributed by atoms with Gasteiger partial charge in [0.15, 0.2) is 5.83 Å². The molecule has 0 aliphatic rings. The highest BCUT2D eigenvalue weighted by atomic mass is 35.5.